The molecule has 1 rings (SSSR count). The smallest absolute Gasteiger partial charge is 0.314 e. The Labute approximate surface area is 79.7 Å². The normalized spacial score (nSPS) is 19.5. The molecule has 2 amide bonds. The number of carbonyl (C=O) groups excluding carboxylic acids is 1. The van der Waals surface area contributed by atoms with Crippen molar-refractivity contribution in [2.24, 2.45) is 5.73 Å². The summed E-state index contributed by atoms with van der Waals surface area (Å²) >= 11 is 0. The molecule has 1 aliphatic rings. The predicted molar refractivity (Wildman–Crippen MR) is 52.5 cm³/mol. The van der Waals surface area contributed by atoms with Crippen LogP contribution < -0.4 is 5.73 Å². The average molecular weight is 185 g/mol. The van der Waals surface area contributed by atoms with E-state index < -0.39 is 0 Å². The summed E-state index contributed by atoms with van der Waals surface area (Å²) in [5.41, 5.74) is 5.19. The predicted octanol–water partition coefficient (Wildman–Crippen LogP) is 0.481. The maximum atomic E-state index is 10.8. The van der Waals surface area contributed by atoms with Crippen LogP contribution in [0.4, 0.5) is 4.79 Å². The van der Waals surface area contributed by atoms with E-state index in [4.69, 9.17) is 5.73 Å². The van der Waals surface area contributed by atoms with E-state index in [9.17, 15) is 4.79 Å². The van der Waals surface area contributed by atoms with Gasteiger partial charge in [0.05, 0.1) is 0 Å². The fraction of sp³-hybridized carbons (Fsp3) is 0.889. The molecule has 4 nitrogen and oxygen atoms in total. The van der Waals surface area contributed by atoms with E-state index >= 15 is 0 Å². The highest BCUT2D eigenvalue weighted by Crippen LogP contribution is 2.14. The van der Waals surface area contributed by atoms with Gasteiger partial charge in [-0.05, 0) is 26.4 Å². The molecule has 76 valence electrons. The molecule has 4 heteroatoms. The largest absolute Gasteiger partial charge is 0.351 e. The Hall–Kier alpha value is -0.770. The van der Waals surface area contributed by atoms with Crippen LogP contribution in [-0.4, -0.2) is 48.6 Å². The van der Waals surface area contributed by atoms with Crippen LogP contribution in [0.2, 0.25) is 0 Å². The van der Waals surface area contributed by atoms with Gasteiger partial charge >= 0.3 is 6.03 Å². The molecule has 0 unspecified atom stereocenters. The molecule has 0 aromatic heterocycles. The zero-order valence-electron chi connectivity index (χ0n) is 8.49. The lowest BCUT2D eigenvalue weighted by Gasteiger charge is -2.35. The minimum atomic E-state index is -0.280. The first-order chi connectivity index (χ1) is 6.15. The van der Waals surface area contributed by atoms with Crippen LogP contribution >= 0.6 is 0 Å². The molecule has 0 radical (unpaired) electrons. The summed E-state index contributed by atoms with van der Waals surface area (Å²) in [6.45, 7) is 4.84. The highest BCUT2D eigenvalue weighted by molar-refractivity contribution is 5.72. The number of nitrogens with two attached hydrogens (primary N) is 1. The Balaban J connectivity index is 2.34. The van der Waals surface area contributed by atoms with E-state index in [-0.39, 0.29) is 6.03 Å². The number of amides is 2. The Morgan fingerprint density at radius 3 is 2.46 bits per heavy atom. The van der Waals surface area contributed by atoms with Crippen LogP contribution in [0.3, 0.4) is 0 Å². The molecule has 0 aromatic rings. The van der Waals surface area contributed by atoms with Gasteiger partial charge in [0.2, 0.25) is 0 Å². The molecule has 0 bridgehead atoms. The van der Waals surface area contributed by atoms with Crippen molar-refractivity contribution < 1.29 is 4.79 Å². The van der Waals surface area contributed by atoms with Crippen LogP contribution in [0.15, 0.2) is 0 Å². The molecule has 1 heterocycles. The SMILES string of the molecule is CCN(C)C1CCN(C(N)=O)CC1. The molecule has 1 aliphatic heterocycles. The Bertz CT molecular complexity index is 176. The highest BCUT2D eigenvalue weighted by atomic mass is 16.2. The van der Waals surface area contributed by atoms with Crippen molar-refractivity contribution >= 4 is 6.03 Å². The first kappa shape index (κ1) is 10.3. The summed E-state index contributed by atoms with van der Waals surface area (Å²) in [6.07, 6.45) is 2.10. The van der Waals surface area contributed by atoms with E-state index in [1.54, 1.807) is 4.90 Å². The van der Waals surface area contributed by atoms with E-state index in [0.717, 1.165) is 32.5 Å². The number of hydrogen-bond acceptors (Lipinski definition) is 2. The fourth-order valence-corrected chi connectivity index (χ4v) is 1.79. The quantitative estimate of drug-likeness (QED) is 0.680. The van der Waals surface area contributed by atoms with Gasteiger partial charge in [0, 0.05) is 19.1 Å². The van der Waals surface area contributed by atoms with Gasteiger partial charge < -0.3 is 15.5 Å². The van der Waals surface area contributed by atoms with E-state index in [1.165, 1.54) is 0 Å². The number of urea groups is 1. The lowest BCUT2D eigenvalue weighted by Crippen LogP contribution is -2.47. The fourth-order valence-electron chi connectivity index (χ4n) is 1.79. The van der Waals surface area contributed by atoms with Gasteiger partial charge in [-0.15, -0.1) is 0 Å². The van der Waals surface area contributed by atoms with Gasteiger partial charge in [0.25, 0.3) is 0 Å². The van der Waals surface area contributed by atoms with Gasteiger partial charge in [-0.1, -0.05) is 6.92 Å². The van der Waals surface area contributed by atoms with Crippen LogP contribution in [0.1, 0.15) is 19.8 Å². The van der Waals surface area contributed by atoms with Crippen molar-refractivity contribution in [3.05, 3.63) is 0 Å². The number of hydrogen-bond donors (Lipinski definition) is 1. The monoisotopic (exact) mass is 185 g/mol. The highest BCUT2D eigenvalue weighted by Gasteiger charge is 2.22. The first-order valence-corrected chi connectivity index (χ1v) is 4.89. The maximum Gasteiger partial charge on any atom is 0.314 e. The lowest BCUT2D eigenvalue weighted by atomic mass is 10.0. The summed E-state index contributed by atoms with van der Waals surface area (Å²) in [5.74, 6) is 0. The topological polar surface area (TPSA) is 49.6 Å². The van der Waals surface area contributed by atoms with Crippen molar-refractivity contribution in [3.63, 3.8) is 0 Å². The molecule has 0 aromatic carbocycles. The molecule has 2 N–H and O–H groups in total. The second kappa shape index (κ2) is 4.46. The minimum Gasteiger partial charge on any atom is -0.351 e. The molecule has 0 aliphatic carbocycles. The molecular weight excluding hydrogens is 166 g/mol. The van der Waals surface area contributed by atoms with Gasteiger partial charge in [0.15, 0.2) is 0 Å². The van der Waals surface area contributed by atoms with E-state index in [0.29, 0.717) is 6.04 Å². The number of primary amides is 1. The molecule has 0 spiro atoms. The number of likely N-dealkylation sites (tertiary alicyclic amines) is 1. The van der Waals surface area contributed by atoms with Gasteiger partial charge in [-0.2, -0.15) is 0 Å². The van der Waals surface area contributed by atoms with Crippen molar-refractivity contribution in [2.75, 3.05) is 26.7 Å². The minimum absolute atomic E-state index is 0.280. The van der Waals surface area contributed by atoms with Crippen molar-refractivity contribution in [1.29, 1.82) is 0 Å². The Morgan fingerprint density at radius 1 is 1.54 bits per heavy atom. The zero-order valence-corrected chi connectivity index (χ0v) is 8.49. The number of carbonyl (C=O) groups is 1. The zero-order chi connectivity index (χ0) is 9.84. The summed E-state index contributed by atoms with van der Waals surface area (Å²) in [4.78, 5) is 14.9. The van der Waals surface area contributed by atoms with Crippen molar-refractivity contribution in [1.82, 2.24) is 9.80 Å². The summed E-state index contributed by atoms with van der Waals surface area (Å²) in [6, 6.07) is 0.346. The first-order valence-electron chi connectivity index (χ1n) is 4.89. The number of piperidine rings is 1. The van der Waals surface area contributed by atoms with Crippen LogP contribution in [0, 0.1) is 0 Å². The molecule has 13 heavy (non-hydrogen) atoms. The Kier molecular flexibility index (Phi) is 3.54. The summed E-state index contributed by atoms with van der Waals surface area (Å²) in [7, 11) is 2.13. The lowest BCUT2D eigenvalue weighted by molar-refractivity contribution is 0.143. The third-order valence-corrected chi connectivity index (χ3v) is 2.90. The molecule has 1 fully saturated rings. The van der Waals surface area contributed by atoms with Crippen LogP contribution in [0.5, 0.6) is 0 Å². The second-order valence-corrected chi connectivity index (χ2v) is 3.63. The Morgan fingerprint density at radius 2 is 2.08 bits per heavy atom. The number of nitrogens with zero attached hydrogens (tertiary/aromatic N) is 2. The molecule has 0 saturated carbocycles. The van der Waals surface area contributed by atoms with Gasteiger partial charge in [0.1, 0.15) is 0 Å². The summed E-state index contributed by atoms with van der Waals surface area (Å²) < 4.78 is 0. The second-order valence-electron chi connectivity index (χ2n) is 3.63. The standard InChI is InChI=1S/C9H19N3O/c1-3-11(2)8-4-6-12(7-5-8)9(10)13/h8H,3-7H2,1-2H3,(H2,10,13). The van der Waals surface area contributed by atoms with Crippen molar-refractivity contribution in [2.45, 2.75) is 25.8 Å². The third-order valence-electron chi connectivity index (χ3n) is 2.90. The summed E-state index contributed by atoms with van der Waals surface area (Å²) in [5, 5.41) is 0. The van der Waals surface area contributed by atoms with Crippen LogP contribution in [0.25, 0.3) is 0 Å². The number of rotatable bonds is 2. The van der Waals surface area contributed by atoms with Gasteiger partial charge in [-0.3, -0.25) is 0 Å². The average Bonchev–Trinajstić information content (AvgIpc) is 2.17. The molecule has 1 saturated heterocycles. The third kappa shape index (κ3) is 2.59. The molecule has 0 atom stereocenters. The van der Waals surface area contributed by atoms with E-state index in [2.05, 4.69) is 18.9 Å². The van der Waals surface area contributed by atoms with E-state index in [1.807, 2.05) is 0 Å². The maximum absolute atomic E-state index is 10.8. The van der Waals surface area contributed by atoms with Gasteiger partial charge in [-0.25, -0.2) is 4.79 Å². The van der Waals surface area contributed by atoms with Crippen LogP contribution in [-0.2, 0) is 0 Å². The molecular formula is C9H19N3O. The van der Waals surface area contributed by atoms with Crippen molar-refractivity contribution in [3.8, 4) is 0 Å².